The lowest BCUT2D eigenvalue weighted by Gasteiger charge is -2.37. The molecule has 26 heavy (non-hydrogen) atoms. The summed E-state index contributed by atoms with van der Waals surface area (Å²) in [4.78, 5) is 9.63. The minimum atomic E-state index is 0.898. The van der Waals surface area contributed by atoms with E-state index in [1.54, 1.807) is 9.80 Å². The summed E-state index contributed by atoms with van der Waals surface area (Å²) >= 11 is 0. The SMILES string of the molecule is c1ccc(C[NH+]2CCC([NH+]3CC[NH+](Cc4cccnc4)CC3)CC2)cc1. The van der Waals surface area contributed by atoms with E-state index in [0.717, 1.165) is 12.6 Å². The van der Waals surface area contributed by atoms with E-state index in [0.29, 0.717) is 0 Å². The molecule has 2 saturated heterocycles. The fourth-order valence-corrected chi connectivity index (χ4v) is 4.80. The molecule has 4 nitrogen and oxygen atoms in total. The molecular weight excluding hydrogens is 320 g/mol. The van der Waals surface area contributed by atoms with Crippen LogP contribution in [0.25, 0.3) is 0 Å². The smallest absolute Gasteiger partial charge is 0.127 e. The summed E-state index contributed by atoms with van der Waals surface area (Å²) in [5, 5.41) is 0. The molecule has 3 heterocycles. The molecule has 3 N–H and O–H groups in total. The normalized spacial score (nSPS) is 29.4. The quantitative estimate of drug-likeness (QED) is 0.607. The Morgan fingerprint density at radius 3 is 2.08 bits per heavy atom. The number of likely N-dealkylation sites (tertiary alicyclic amines) is 1. The minimum Gasteiger partial charge on any atom is -0.331 e. The first-order valence-corrected chi connectivity index (χ1v) is 10.3. The first kappa shape index (κ1) is 17.7. The van der Waals surface area contributed by atoms with Crippen molar-refractivity contribution in [1.29, 1.82) is 0 Å². The topological polar surface area (TPSA) is 26.2 Å². The van der Waals surface area contributed by atoms with E-state index in [1.807, 2.05) is 17.3 Å². The summed E-state index contributed by atoms with van der Waals surface area (Å²) < 4.78 is 0. The lowest BCUT2D eigenvalue weighted by Crippen LogP contribution is -3.30. The average molecular weight is 354 g/mol. The van der Waals surface area contributed by atoms with E-state index < -0.39 is 0 Å². The zero-order valence-electron chi connectivity index (χ0n) is 15.8. The molecule has 2 aromatic rings. The number of piperidine rings is 1. The molecule has 0 radical (unpaired) electrons. The average Bonchev–Trinajstić information content (AvgIpc) is 2.71. The maximum absolute atomic E-state index is 4.25. The molecule has 2 fully saturated rings. The lowest BCUT2D eigenvalue weighted by atomic mass is 10.0. The predicted octanol–water partition coefficient (Wildman–Crippen LogP) is -1.39. The number of hydrogen-bond donors (Lipinski definition) is 3. The molecule has 2 aliphatic heterocycles. The number of aromatic nitrogens is 1. The van der Waals surface area contributed by atoms with Crippen LogP contribution in [0.1, 0.15) is 24.0 Å². The van der Waals surface area contributed by atoms with E-state index in [1.165, 1.54) is 69.8 Å². The van der Waals surface area contributed by atoms with Crippen LogP contribution in [0.15, 0.2) is 54.9 Å². The van der Waals surface area contributed by atoms with Crippen LogP contribution in [-0.2, 0) is 13.1 Å². The largest absolute Gasteiger partial charge is 0.331 e. The highest BCUT2D eigenvalue weighted by molar-refractivity contribution is 5.13. The van der Waals surface area contributed by atoms with Gasteiger partial charge in [0, 0.05) is 36.4 Å². The monoisotopic (exact) mass is 353 g/mol. The number of rotatable bonds is 5. The first-order valence-electron chi connectivity index (χ1n) is 10.3. The Morgan fingerprint density at radius 1 is 0.731 bits per heavy atom. The number of hydrogen-bond acceptors (Lipinski definition) is 1. The van der Waals surface area contributed by atoms with Crippen LogP contribution in [0.5, 0.6) is 0 Å². The van der Waals surface area contributed by atoms with Crippen molar-refractivity contribution in [2.75, 3.05) is 39.3 Å². The van der Waals surface area contributed by atoms with Crippen molar-refractivity contribution in [3.8, 4) is 0 Å². The van der Waals surface area contributed by atoms with Gasteiger partial charge in [-0.1, -0.05) is 36.4 Å². The van der Waals surface area contributed by atoms with Gasteiger partial charge in [0.2, 0.25) is 0 Å². The van der Waals surface area contributed by atoms with Gasteiger partial charge in [-0.2, -0.15) is 0 Å². The van der Waals surface area contributed by atoms with Crippen molar-refractivity contribution < 1.29 is 14.7 Å². The zero-order valence-corrected chi connectivity index (χ0v) is 15.8. The third-order valence-corrected chi connectivity index (χ3v) is 6.34. The fraction of sp³-hybridized carbons (Fsp3) is 0.500. The van der Waals surface area contributed by atoms with Crippen molar-refractivity contribution in [2.45, 2.75) is 32.0 Å². The van der Waals surface area contributed by atoms with Gasteiger partial charge in [0.1, 0.15) is 39.3 Å². The number of nitrogens with zero attached hydrogens (tertiary/aromatic N) is 1. The molecule has 0 bridgehead atoms. The Hall–Kier alpha value is -1.75. The summed E-state index contributed by atoms with van der Waals surface area (Å²) in [5.41, 5.74) is 2.87. The Labute approximate surface area is 157 Å². The molecule has 4 rings (SSSR count). The van der Waals surface area contributed by atoms with E-state index in [-0.39, 0.29) is 0 Å². The third-order valence-electron chi connectivity index (χ3n) is 6.34. The van der Waals surface area contributed by atoms with Crippen molar-refractivity contribution in [2.24, 2.45) is 0 Å². The third kappa shape index (κ3) is 4.70. The Kier molecular flexibility index (Phi) is 5.95. The first-order chi connectivity index (χ1) is 12.9. The predicted molar refractivity (Wildman–Crippen MR) is 103 cm³/mol. The highest BCUT2D eigenvalue weighted by Crippen LogP contribution is 2.00. The second-order valence-corrected chi connectivity index (χ2v) is 8.13. The van der Waals surface area contributed by atoms with Crippen LogP contribution in [0.2, 0.25) is 0 Å². The molecule has 0 saturated carbocycles. The van der Waals surface area contributed by atoms with Crippen LogP contribution in [0.4, 0.5) is 0 Å². The second-order valence-electron chi connectivity index (χ2n) is 8.13. The molecule has 2 aliphatic rings. The number of quaternary nitrogens is 3. The van der Waals surface area contributed by atoms with Gasteiger partial charge in [-0.05, 0) is 6.07 Å². The molecule has 0 unspecified atom stereocenters. The molecule has 138 valence electrons. The van der Waals surface area contributed by atoms with Crippen LogP contribution in [-0.4, -0.2) is 50.3 Å². The summed E-state index contributed by atoms with van der Waals surface area (Å²) in [5.74, 6) is 0. The molecule has 0 atom stereocenters. The minimum absolute atomic E-state index is 0.898. The summed E-state index contributed by atoms with van der Waals surface area (Å²) in [6.07, 6.45) is 6.69. The van der Waals surface area contributed by atoms with Gasteiger partial charge in [0.05, 0.1) is 19.1 Å². The maximum atomic E-state index is 4.25. The molecular formula is C22H33N4+3. The van der Waals surface area contributed by atoms with E-state index in [4.69, 9.17) is 0 Å². The van der Waals surface area contributed by atoms with Crippen molar-refractivity contribution in [3.63, 3.8) is 0 Å². The second kappa shape index (κ2) is 8.76. The van der Waals surface area contributed by atoms with Crippen molar-refractivity contribution in [1.82, 2.24) is 4.98 Å². The summed E-state index contributed by atoms with van der Waals surface area (Å²) in [7, 11) is 0. The highest BCUT2D eigenvalue weighted by Gasteiger charge is 2.33. The van der Waals surface area contributed by atoms with Crippen LogP contribution < -0.4 is 14.7 Å². The van der Waals surface area contributed by atoms with Gasteiger partial charge in [-0.25, -0.2) is 0 Å². The lowest BCUT2D eigenvalue weighted by molar-refractivity contribution is -1.04. The van der Waals surface area contributed by atoms with E-state index >= 15 is 0 Å². The zero-order chi connectivity index (χ0) is 17.6. The van der Waals surface area contributed by atoms with Crippen LogP contribution in [0, 0.1) is 0 Å². The number of nitrogens with one attached hydrogen (secondary N) is 3. The molecule has 4 heteroatoms. The van der Waals surface area contributed by atoms with Gasteiger partial charge in [0.25, 0.3) is 0 Å². The van der Waals surface area contributed by atoms with Gasteiger partial charge in [-0.3, -0.25) is 4.98 Å². The van der Waals surface area contributed by atoms with Crippen molar-refractivity contribution >= 4 is 0 Å². The standard InChI is InChI=1S/C22H30N4/c1-2-5-20(6-3-1)18-24-11-8-22(9-12-24)26-15-13-25(14-16-26)19-21-7-4-10-23-17-21/h1-7,10,17,22H,8-9,11-16,18-19H2/p+3. The maximum Gasteiger partial charge on any atom is 0.127 e. The molecule has 1 aromatic carbocycles. The van der Waals surface area contributed by atoms with E-state index in [9.17, 15) is 0 Å². The Bertz CT molecular complexity index is 585. The highest BCUT2D eigenvalue weighted by atomic mass is 15.3. The number of piperazine rings is 1. The van der Waals surface area contributed by atoms with Crippen molar-refractivity contribution in [3.05, 3.63) is 66.0 Å². The van der Waals surface area contributed by atoms with Crippen LogP contribution >= 0.6 is 0 Å². The van der Waals surface area contributed by atoms with Gasteiger partial charge >= 0.3 is 0 Å². The molecule has 0 amide bonds. The number of pyridine rings is 1. The fourth-order valence-electron chi connectivity index (χ4n) is 4.80. The molecule has 1 aromatic heterocycles. The molecule has 0 aliphatic carbocycles. The van der Waals surface area contributed by atoms with Crippen LogP contribution in [0.3, 0.4) is 0 Å². The molecule has 0 spiro atoms. The number of benzene rings is 1. The van der Waals surface area contributed by atoms with Gasteiger partial charge in [-0.15, -0.1) is 0 Å². The Morgan fingerprint density at radius 2 is 1.38 bits per heavy atom. The van der Waals surface area contributed by atoms with Gasteiger partial charge < -0.3 is 14.7 Å². The van der Waals surface area contributed by atoms with Gasteiger partial charge in [0.15, 0.2) is 0 Å². The van der Waals surface area contributed by atoms with E-state index in [2.05, 4.69) is 47.4 Å². The Balaban J connectivity index is 1.20. The summed E-state index contributed by atoms with van der Waals surface area (Å²) in [6, 6.07) is 16.2. The summed E-state index contributed by atoms with van der Waals surface area (Å²) in [6.45, 7) is 10.3.